The van der Waals surface area contributed by atoms with Gasteiger partial charge in [0.25, 0.3) is 0 Å². The van der Waals surface area contributed by atoms with Gasteiger partial charge in [0, 0.05) is 0 Å². The highest BCUT2D eigenvalue weighted by Crippen LogP contribution is 2.12. The molecule has 2 heteroatoms. The fourth-order valence-electron chi connectivity index (χ4n) is 1.17. The molecule has 0 bridgehead atoms. The van der Waals surface area contributed by atoms with E-state index in [9.17, 15) is 5.11 Å². The number of benzene rings is 1. The Morgan fingerprint density at radius 3 is 2.86 bits per heavy atom. The van der Waals surface area contributed by atoms with E-state index in [0.717, 1.165) is 11.1 Å². The van der Waals surface area contributed by atoms with Crippen LogP contribution < -0.4 is 0 Å². The number of hydrogen-bond acceptors (Lipinski definition) is 2. The number of aliphatic hydroxyl groups excluding tert-OH is 1. The number of rotatable bonds is 5. The van der Waals surface area contributed by atoms with Crippen LogP contribution in [0.1, 0.15) is 24.5 Å². The van der Waals surface area contributed by atoms with Crippen molar-refractivity contribution in [3.05, 3.63) is 42.0 Å². The molecule has 0 heterocycles. The van der Waals surface area contributed by atoms with E-state index >= 15 is 0 Å². The lowest BCUT2D eigenvalue weighted by Crippen LogP contribution is -2.10. The highest BCUT2D eigenvalue weighted by Gasteiger charge is 2.02. The molecular weight excluding hydrogens is 176 g/mol. The SMILES string of the molecule is C=Cc1ccccc1COC(O)CC. The van der Waals surface area contributed by atoms with Gasteiger partial charge >= 0.3 is 0 Å². The van der Waals surface area contributed by atoms with E-state index in [-0.39, 0.29) is 0 Å². The Kier molecular flexibility index (Phi) is 4.36. The minimum Gasteiger partial charge on any atom is -0.368 e. The van der Waals surface area contributed by atoms with Crippen LogP contribution in [0.2, 0.25) is 0 Å². The van der Waals surface area contributed by atoms with Crippen molar-refractivity contribution in [3.63, 3.8) is 0 Å². The summed E-state index contributed by atoms with van der Waals surface area (Å²) in [6.45, 7) is 6.03. The summed E-state index contributed by atoms with van der Waals surface area (Å²) in [5.74, 6) is 0. The molecule has 2 nitrogen and oxygen atoms in total. The van der Waals surface area contributed by atoms with Gasteiger partial charge in [-0.1, -0.05) is 43.8 Å². The van der Waals surface area contributed by atoms with E-state index in [1.165, 1.54) is 0 Å². The minimum atomic E-state index is -0.673. The standard InChI is InChI=1S/C12H16O2/c1-3-10-7-5-6-8-11(10)9-14-12(13)4-2/h3,5-8,12-13H,1,4,9H2,2H3. The Morgan fingerprint density at radius 2 is 2.21 bits per heavy atom. The van der Waals surface area contributed by atoms with Crippen molar-refractivity contribution < 1.29 is 9.84 Å². The molecule has 1 aromatic carbocycles. The maximum atomic E-state index is 9.23. The van der Waals surface area contributed by atoms with Crippen molar-refractivity contribution in [2.75, 3.05) is 0 Å². The van der Waals surface area contributed by atoms with E-state index < -0.39 is 6.29 Å². The fraction of sp³-hybridized carbons (Fsp3) is 0.333. The second kappa shape index (κ2) is 5.58. The summed E-state index contributed by atoms with van der Waals surface area (Å²) < 4.78 is 5.23. The molecule has 0 aliphatic carbocycles. The van der Waals surface area contributed by atoms with Crippen molar-refractivity contribution in [3.8, 4) is 0 Å². The predicted octanol–water partition coefficient (Wildman–Crippen LogP) is 2.57. The molecule has 1 unspecified atom stereocenters. The van der Waals surface area contributed by atoms with Gasteiger partial charge in [-0.2, -0.15) is 0 Å². The van der Waals surface area contributed by atoms with Crippen LogP contribution in [0.15, 0.2) is 30.8 Å². The van der Waals surface area contributed by atoms with E-state index in [4.69, 9.17) is 4.74 Å². The topological polar surface area (TPSA) is 29.5 Å². The van der Waals surface area contributed by atoms with Crippen LogP contribution in [0.3, 0.4) is 0 Å². The van der Waals surface area contributed by atoms with Crippen molar-refractivity contribution >= 4 is 6.08 Å². The number of ether oxygens (including phenoxy) is 1. The summed E-state index contributed by atoms with van der Waals surface area (Å²) in [5.41, 5.74) is 2.10. The van der Waals surface area contributed by atoms with Gasteiger partial charge in [0.05, 0.1) is 6.61 Å². The first-order chi connectivity index (χ1) is 6.77. The maximum Gasteiger partial charge on any atom is 0.154 e. The average Bonchev–Trinajstić information content (AvgIpc) is 2.26. The van der Waals surface area contributed by atoms with Crippen molar-refractivity contribution in [1.29, 1.82) is 0 Å². The number of aliphatic hydroxyl groups is 1. The molecule has 0 aliphatic heterocycles. The van der Waals surface area contributed by atoms with E-state index in [1.807, 2.05) is 31.2 Å². The Hall–Kier alpha value is -1.12. The van der Waals surface area contributed by atoms with Gasteiger partial charge in [-0.25, -0.2) is 0 Å². The lowest BCUT2D eigenvalue weighted by molar-refractivity contribution is -0.109. The fourth-order valence-corrected chi connectivity index (χ4v) is 1.17. The molecule has 76 valence electrons. The molecule has 0 aromatic heterocycles. The third kappa shape index (κ3) is 2.98. The molecule has 0 aliphatic rings. The highest BCUT2D eigenvalue weighted by atomic mass is 16.6. The lowest BCUT2D eigenvalue weighted by Gasteiger charge is -2.11. The summed E-state index contributed by atoms with van der Waals surface area (Å²) >= 11 is 0. The first kappa shape index (κ1) is 11.0. The van der Waals surface area contributed by atoms with Gasteiger partial charge in [-0.05, 0) is 17.5 Å². The monoisotopic (exact) mass is 192 g/mol. The molecule has 0 fully saturated rings. The molecule has 1 rings (SSSR count). The number of hydrogen-bond donors (Lipinski definition) is 1. The molecule has 1 aromatic rings. The molecule has 1 N–H and O–H groups in total. The van der Waals surface area contributed by atoms with Gasteiger partial charge in [0.2, 0.25) is 0 Å². The Labute approximate surface area is 84.8 Å². The Morgan fingerprint density at radius 1 is 1.50 bits per heavy atom. The summed E-state index contributed by atoms with van der Waals surface area (Å²) in [6, 6.07) is 7.85. The van der Waals surface area contributed by atoms with Gasteiger partial charge in [0.1, 0.15) is 0 Å². The molecular formula is C12H16O2. The van der Waals surface area contributed by atoms with Crippen LogP contribution in [-0.2, 0) is 11.3 Å². The smallest absolute Gasteiger partial charge is 0.154 e. The summed E-state index contributed by atoms with van der Waals surface area (Å²) in [7, 11) is 0. The maximum absolute atomic E-state index is 9.23. The van der Waals surface area contributed by atoms with Crippen LogP contribution in [0.25, 0.3) is 6.08 Å². The largest absolute Gasteiger partial charge is 0.368 e. The van der Waals surface area contributed by atoms with E-state index in [1.54, 1.807) is 6.08 Å². The highest BCUT2D eigenvalue weighted by molar-refractivity contribution is 5.51. The van der Waals surface area contributed by atoms with Crippen LogP contribution in [0.4, 0.5) is 0 Å². The first-order valence-corrected chi connectivity index (χ1v) is 4.78. The van der Waals surface area contributed by atoms with Crippen LogP contribution in [0.5, 0.6) is 0 Å². The molecule has 14 heavy (non-hydrogen) atoms. The molecule has 1 atom stereocenters. The van der Waals surface area contributed by atoms with Crippen molar-refractivity contribution in [2.45, 2.75) is 26.2 Å². The van der Waals surface area contributed by atoms with Gasteiger partial charge in [-0.3, -0.25) is 0 Å². The van der Waals surface area contributed by atoms with Crippen LogP contribution in [-0.4, -0.2) is 11.4 Å². The van der Waals surface area contributed by atoms with E-state index in [2.05, 4.69) is 6.58 Å². The van der Waals surface area contributed by atoms with Crippen LogP contribution in [0, 0.1) is 0 Å². The van der Waals surface area contributed by atoms with Crippen LogP contribution >= 0.6 is 0 Å². The molecule has 0 saturated carbocycles. The average molecular weight is 192 g/mol. The second-order valence-corrected chi connectivity index (χ2v) is 3.08. The summed E-state index contributed by atoms with van der Waals surface area (Å²) in [4.78, 5) is 0. The molecule has 0 saturated heterocycles. The summed E-state index contributed by atoms with van der Waals surface area (Å²) in [5, 5.41) is 9.23. The first-order valence-electron chi connectivity index (χ1n) is 4.78. The minimum absolute atomic E-state index is 0.428. The van der Waals surface area contributed by atoms with Crippen molar-refractivity contribution in [1.82, 2.24) is 0 Å². The lowest BCUT2D eigenvalue weighted by atomic mass is 10.1. The third-order valence-electron chi connectivity index (χ3n) is 2.06. The third-order valence-corrected chi connectivity index (χ3v) is 2.06. The zero-order chi connectivity index (χ0) is 10.4. The zero-order valence-electron chi connectivity index (χ0n) is 8.44. The Bertz CT molecular complexity index is 294. The predicted molar refractivity (Wildman–Crippen MR) is 57.6 cm³/mol. The van der Waals surface area contributed by atoms with Crippen molar-refractivity contribution in [2.24, 2.45) is 0 Å². The normalized spacial score (nSPS) is 12.4. The van der Waals surface area contributed by atoms with Gasteiger partial charge in [0.15, 0.2) is 6.29 Å². The molecule has 0 radical (unpaired) electrons. The molecule has 0 amide bonds. The summed E-state index contributed by atoms with van der Waals surface area (Å²) in [6.07, 6.45) is 1.72. The zero-order valence-corrected chi connectivity index (χ0v) is 8.44. The molecule has 0 spiro atoms. The van der Waals surface area contributed by atoms with E-state index in [0.29, 0.717) is 13.0 Å². The van der Waals surface area contributed by atoms with Gasteiger partial charge < -0.3 is 9.84 Å². The second-order valence-electron chi connectivity index (χ2n) is 3.08. The quantitative estimate of drug-likeness (QED) is 0.726. The van der Waals surface area contributed by atoms with Gasteiger partial charge in [-0.15, -0.1) is 0 Å². The Balaban J connectivity index is 2.61.